The molecule has 1 amide bonds. The van der Waals surface area contributed by atoms with Gasteiger partial charge in [0, 0.05) is 18.5 Å². The second-order valence-electron chi connectivity index (χ2n) is 11.4. The van der Waals surface area contributed by atoms with E-state index in [1.807, 2.05) is 30.9 Å². The van der Waals surface area contributed by atoms with Gasteiger partial charge in [-0.3, -0.25) is 4.79 Å². The molecule has 0 bridgehead atoms. The molecule has 6 nitrogen and oxygen atoms in total. The number of hydrogen-bond donors (Lipinski definition) is 0. The molecule has 1 saturated carbocycles. The number of carbonyl (C=O) groups is 2. The maximum absolute atomic E-state index is 14.3. The minimum absolute atomic E-state index is 0.0144. The van der Waals surface area contributed by atoms with Crippen LogP contribution in [0, 0.1) is 0 Å². The van der Waals surface area contributed by atoms with Gasteiger partial charge in [-0.2, -0.15) is 0 Å². The lowest BCUT2D eigenvalue weighted by atomic mass is 9.81. The third kappa shape index (κ3) is 4.23. The van der Waals surface area contributed by atoms with E-state index in [4.69, 9.17) is 9.47 Å². The average molecular weight is 515 g/mol. The van der Waals surface area contributed by atoms with Crippen LogP contribution in [0.1, 0.15) is 85.8 Å². The molecular formula is C32H38N2O4. The molecule has 2 aromatic carbocycles. The van der Waals surface area contributed by atoms with Gasteiger partial charge in [0.2, 0.25) is 5.91 Å². The summed E-state index contributed by atoms with van der Waals surface area (Å²) in [6.07, 6.45) is 7.41. The van der Waals surface area contributed by atoms with E-state index in [0.29, 0.717) is 37.4 Å². The molecule has 1 aromatic heterocycles. The SMILES string of the molecule is COC(=O)c1ccc2c(C3CCCCC3)c(-c3ccccc3)n3c2c1CCC3C(=O)N1CC(C)OC(C)C1. The summed E-state index contributed by atoms with van der Waals surface area (Å²) in [6, 6.07) is 14.3. The first-order valence-corrected chi connectivity index (χ1v) is 14.3. The van der Waals surface area contributed by atoms with Crippen molar-refractivity contribution in [3.8, 4) is 11.3 Å². The van der Waals surface area contributed by atoms with Crippen molar-refractivity contribution >= 4 is 22.8 Å². The lowest BCUT2D eigenvalue weighted by Crippen LogP contribution is -2.50. The van der Waals surface area contributed by atoms with E-state index in [1.54, 1.807) is 0 Å². The van der Waals surface area contributed by atoms with E-state index in [-0.39, 0.29) is 30.1 Å². The average Bonchev–Trinajstić information content (AvgIpc) is 3.29. The summed E-state index contributed by atoms with van der Waals surface area (Å²) in [6.45, 7) is 5.29. The summed E-state index contributed by atoms with van der Waals surface area (Å²) < 4.78 is 13.4. The molecule has 200 valence electrons. The number of morpholine rings is 1. The number of rotatable bonds is 4. The van der Waals surface area contributed by atoms with Gasteiger partial charge in [0.1, 0.15) is 6.04 Å². The van der Waals surface area contributed by atoms with Crippen molar-refractivity contribution in [1.29, 1.82) is 0 Å². The fourth-order valence-corrected chi connectivity index (χ4v) is 7.27. The summed E-state index contributed by atoms with van der Waals surface area (Å²) in [5.74, 6) is 0.290. The van der Waals surface area contributed by atoms with E-state index in [9.17, 15) is 9.59 Å². The molecule has 3 aliphatic rings. The van der Waals surface area contributed by atoms with Gasteiger partial charge < -0.3 is 18.9 Å². The number of benzene rings is 2. The number of aromatic nitrogens is 1. The zero-order valence-electron chi connectivity index (χ0n) is 22.7. The standard InChI is InChI=1S/C32H38N2O4/c1-20-18-33(19-21(2)38-20)31(35)27-17-16-24-25(32(36)37-3)14-15-26-28(22-10-6-4-7-11-22)29(34(27)30(24)26)23-12-8-5-9-13-23/h5,8-9,12-15,20-22,27H,4,6-7,10-11,16-19H2,1-3H3. The van der Waals surface area contributed by atoms with Crippen molar-refractivity contribution in [2.45, 2.75) is 83.0 Å². The molecular weight excluding hydrogens is 476 g/mol. The Kier molecular flexibility index (Phi) is 6.77. The summed E-state index contributed by atoms with van der Waals surface area (Å²) >= 11 is 0. The number of nitrogens with zero attached hydrogens (tertiary/aromatic N) is 2. The van der Waals surface area contributed by atoms with Gasteiger partial charge in [-0.05, 0) is 68.2 Å². The van der Waals surface area contributed by atoms with Gasteiger partial charge in [-0.25, -0.2) is 4.79 Å². The molecule has 1 aliphatic carbocycles. The minimum Gasteiger partial charge on any atom is -0.465 e. The Morgan fingerprint density at radius 3 is 2.32 bits per heavy atom. The predicted octanol–water partition coefficient (Wildman–Crippen LogP) is 6.27. The summed E-state index contributed by atoms with van der Waals surface area (Å²) in [5.41, 5.74) is 6.33. The molecule has 2 aliphatic heterocycles. The van der Waals surface area contributed by atoms with Crippen LogP contribution in [0.5, 0.6) is 0 Å². The van der Waals surface area contributed by atoms with Crippen LogP contribution >= 0.6 is 0 Å². The third-order valence-corrected chi connectivity index (χ3v) is 8.77. The molecule has 3 unspecified atom stereocenters. The first-order chi connectivity index (χ1) is 18.5. The van der Waals surface area contributed by atoms with Crippen LogP contribution < -0.4 is 0 Å². The number of methoxy groups -OCH3 is 1. The second kappa shape index (κ2) is 10.2. The first-order valence-electron chi connectivity index (χ1n) is 14.3. The number of aryl methyl sites for hydroxylation is 1. The van der Waals surface area contributed by atoms with Crippen LogP contribution in [-0.4, -0.2) is 53.8 Å². The highest BCUT2D eigenvalue weighted by atomic mass is 16.5. The van der Waals surface area contributed by atoms with Crippen molar-refractivity contribution in [3.05, 3.63) is 59.2 Å². The van der Waals surface area contributed by atoms with Gasteiger partial charge in [0.15, 0.2) is 0 Å². The summed E-state index contributed by atoms with van der Waals surface area (Å²) in [4.78, 5) is 29.1. The highest BCUT2D eigenvalue weighted by molar-refractivity contribution is 6.03. The Morgan fingerprint density at radius 1 is 0.921 bits per heavy atom. The Morgan fingerprint density at radius 2 is 1.63 bits per heavy atom. The predicted molar refractivity (Wildman–Crippen MR) is 148 cm³/mol. The molecule has 6 heteroatoms. The van der Waals surface area contributed by atoms with Gasteiger partial charge in [0.05, 0.1) is 36.1 Å². The molecule has 3 atom stereocenters. The largest absolute Gasteiger partial charge is 0.465 e. The maximum atomic E-state index is 14.3. The highest BCUT2D eigenvalue weighted by Crippen LogP contribution is 2.49. The van der Waals surface area contributed by atoms with Gasteiger partial charge in [-0.15, -0.1) is 0 Å². The molecule has 38 heavy (non-hydrogen) atoms. The van der Waals surface area contributed by atoms with E-state index in [0.717, 1.165) is 35.2 Å². The number of esters is 1. The first kappa shape index (κ1) is 25.2. The Balaban J connectivity index is 1.61. The lowest BCUT2D eigenvalue weighted by Gasteiger charge is -2.39. The summed E-state index contributed by atoms with van der Waals surface area (Å²) in [7, 11) is 1.44. The zero-order valence-corrected chi connectivity index (χ0v) is 22.7. The monoisotopic (exact) mass is 514 g/mol. The topological polar surface area (TPSA) is 60.8 Å². The molecule has 0 spiro atoms. The molecule has 3 aromatic rings. The van der Waals surface area contributed by atoms with Gasteiger partial charge in [0.25, 0.3) is 0 Å². The molecule has 6 rings (SSSR count). The number of amides is 1. The highest BCUT2D eigenvalue weighted by Gasteiger charge is 2.39. The van der Waals surface area contributed by atoms with Gasteiger partial charge >= 0.3 is 5.97 Å². The molecule has 0 N–H and O–H groups in total. The zero-order chi connectivity index (χ0) is 26.4. The van der Waals surface area contributed by atoms with Crippen molar-refractivity contribution in [1.82, 2.24) is 9.47 Å². The smallest absolute Gasteiger partial charge is 0.338 e. The number of ether oxygens (including phenoxy) is 2. The van der Waals surface area contributed by atoms with Crippen molar-refractivity contribution < 1.29 is 19.1 Å². The van der Waals surface area contributed by atoms with Crippen LogP contribution in [0.25, 0.3) is 22.2 Å². The Hall–Kier alpha value is -3.12. The molecule has 2 fully saturated rings. The second-order valence-corrected chi connectivity index (χ2v) is 11.4. The van der Waals surface area contributed by atoms with Crippen LogP contribution in [-0.2, 0) is 20.7 Å². The minimum atomic E-state index is -0.317. The van der Waals surface area contributed by atoms with E-state index >= 15 is 0 Å². The van der Waals surface area contributed by atoms with Crippen LogP contribution in [0.2, 0.25) is 0 Å². The number of hydrogen-bond acceptors (Lipinski definition) is 4. The van der Waals surface area contributed by atoms with E-state index < -0.39 is 0 Å². The van der Waals surface area contributed by atoms with Crippen molar-refractivity contribution in [3.63, 3.8) is 0 Å². The summed E-state index contributed by atoms with van der Waals surface area (Å²) in [5, 5.41) is 1.19. The maximum Gasteiger partial charge on any atom is 0.338 e. The Bertz CT molecular complexity index is 1350. The van der Waals surface area contributed by atoms with Crippen LogP contribution in [0.15, 0.2) is 42.5 Å². The number of carbonyl (C=O) groups excluding carboxylic acids is 2. The lowest BCUT2D eigenvalue weighted by molar-refractivity contribution is -0.146. The fourth-order valence-electron chi connectivity index (χ4n) is 7.27. The molecule has 3 heterocycles. The normalized spacial score (nSPS) is 24.0. The van der Waals surface area contributed by atoms with Crippen LogP contribution in [0.3, 0.4) is 0 Å². The van der Waals surface area contributed by atoms with Crippen molar-refractivity contribution in [2.24, 2.45) is 0 Å². The fraction of sp³-hybridized carbons (Fsp3) is 0.500. The van der Waals surface area contributed by atoms with E-state index in [2.05, 4.69) is 34.9 Å². The molecule has 0 radical (unpaired) electrons. The molecule has 1 saturated heterocycles. The van der Waals surface area contributed by atoms with Crippen LogP contribution in [0.4, 0.5) is 0 Å². The van der Waals surface area contributed by atoms with Crippen molar-refractivity contribution in [2.75, 3.05) is 20.2 Å². The third-order valence-electron chi connectivity index (χ3n) is 8.77. The van der Waals surface area contributed by atoms with E-state index in [1.165, 1.54) is 37.3 Å². The van der Waals surface area contributed by atoms with Gasteiger partial charge in [-0.1, -0.05) is 55.7 Å². The Labute approximate surface area is 224 Å². The quantitative estimate of drug-likeness (QED) is 0.385.